The normalized spacial score (nSPS) is 10.7. The van der Waals surface area contributed by atoms with Crippen molar-refractivity contribution in [3.63, 3.8) is 0 Å². The van der Waals surface area contributed by atoms with Gasteiger partial charge in [0, 0.05) is 19.8 Å². The Kier molecular flexibility index (Phi) is 8.37. The maximum absolute atomic E-state index is 5.50. The van der Waals surface area contributed by atoms with Crippen molar-refractivity contribution in [2.45, 2.75) is 33.6 Å². The van der Waals surface area contributed by atoms with E-state index in [2.05, 4.69) is 39.5 Å². The Morgan fingerprint density at radius 3 is 2.57 bits per heavy atom. The third-order valence-electron chi connectivity index (χ3n) is 2.38. The predicted molar refractivity (Wildman–Crippen MR) is 82.2 cm³/mol. The van der Waals surface area contributed by atoms with Crippen molar-refractivity contribution in [2.75, 3.05) is 37.1 Å². The third kappa shape index (κ3) is 7.62. The molecule has 21 heavy (non-hydrogen) atoms. The van der Waals surface area contributed by atoms with Crippen LogP contribution < -0.4 is 21.3 Å². The number of hydrogen-bond acceptors (Lipinski definition) is 8. The molecule has 0 fully saturated rings. The van der Waals surface area contributed by atoms with Crippen LogP contribution in [-0.4, -0.2) is 41.3 Å². The minimum atomic E-state index is 0.262. The molecule has 0 bridgehead atoms. The van der Waals surface area contributed by atoms with Crippen molar-refractivity contribution >= 4 is 11.9 Å². The van der Waals surface area contributed by atoms with Gasteiger partial charge in [-0.15, -0.1) is 0 Å². The van der Waals surface area contributed by atoms with Gasteiger partial charge in [-0.25, -0.2) is 5.84 Å². The summed E-state index contributed by atoms with van der Waals surface area (Å²) in [6.07, 6.45) is 1.75. The van der Waals surface area contributed by atoms with Crippen LogP contribution in [0.25, 0.3) is 0 Å². The summed E-state index contributed by atoms with van der Waals surface area (Å²) in [4.78, 5) is 12.3. The van der Waals surface area contributed by atoms with Crippen LogP contribution in [0.1, 0.15) is 33.6 Å². The van der Waals surface area contributed by atoms with Crippen molar-refractivity contribution in [1.29, 1.82) is 0 Å². The lowest BCUT2D eigenvalue weighted by molar-refractivity contribution is 0.110. The summed E-state index contributed by atoms with van der Waals surface area (Å²) >= 11 is 0. The number of nitrogen functional groups attached to an aromatic ring is 1. The van der Waals surface area contributed by atoms with Crippen LogP contribution in [0.4, 0.5) is 11.9 Å². The van der Waals surface area contributed by atoms with E-state index >= 15 is 0 Å². The number of anilines is 2. The van der Waals surface area contributed by atoms with Gasteiger partial charge in [0.1, 0.15) is 0 Å². The molecule has 8 heteroatoms. The SMILES string of the molecule is CCCOc1nc(NN)nc(NCCCOCC(C)C)n1. The van der Waals surface area contributed by atoms with Gasteiger partial charge in [-0.1, -0.05) is 20.8 Å². The number of aromatic nitrogens is 3. The Bertz CT molecular complexity index is 402. The molecule has 120 valence electrons. The standard InChI is InChI=1S/C13H26N6O2/c1-4-7-21-13-17-11(16-12(18-13)19-14)15-6-5-8-20-9-10(2)3/h10H,4-9,14H2,1-3H3,(H2,15,16,17,18,19). The fraction of sp³-hybridized carbons (Fsp3) is 0.769. The van der Waals surface area contributed by atoms with E-state index in [0.717, 1.165) is 19.4 Å². The predicted octanol–water partition coefficient (Wildman–Crippen LogP) is 1.42. The zero-order valence-electron chi connectivity index (χ0n) is 13.1. The average Bonchev–Trinajstić information content (AvgIpc) is 2.48. The van der Waals surface area contributed by atoms with Gasteiger partial charge in [-0.05, 0) is 18.8 Å². The van der Waals surface area contributed by atoms with Gasteiger partial charge < -0.3 is 14.8 Å². The molecule has 0 saturated heterocycles. The molecule has 0 aliphatic rings. The minimum Gasteiger partial charge on any atom is -0.463 e. The van der Waals surface area contributed by atoms with Crippen molar-refractivity contribution in [2.24, 2.45) is 11.8 Å². The second-order valence-corrected chi connectivity index (χ2v) is 5.01. The molecule has 0 atom stereocenters. The van der Waals surface area contributed by atoms with Crippen LogP contribution in [0.5, 0.6) is 6.01 Å². The van der Waals surface area contributed by atoms with E-state index in [1.54, 1.807) is 0 Å². The molecule has 0 unspecified atom stereocenters. The van der Waals surface area contributed by atoms with E-state index in [0.29, 0.717) is 31.6 Å². The van der Waals surface area contributed by atoms with Crippen LogP contribution in [-0.2, 0) is 4.74 Å². The highest BCUT2D eigenvalue weighted by molar-refractivity contribution is 5.34. The smallest absolute Gasteiger partial charge is 0.323 e. The van der Waals surface area contributed by atoms with Gasteiger partial charge in [-0.3, -0.25) is 5.43 Å². The first-order valence-electron chi connectivity index (χ1n) is 7.32. The zero-order chi connectivity index (χ0) is 15.5. The van der Waals surface area contributed by atoms with Crippen LogP contribution in [0.2, 0.25) is 0 Å². The summed E-state index contributed by atoms with van der Waals surface area (Å²) in [7, 11) is 0. The van der Waals surface area contributed by atoms with Crippen LogP contribution in [0, 0.1) is 5.92 Å². The van der Waals surface area contributed by atoms with Gasteiger partial charge in [0.05, 0.1) is 6.61 Å². The van der Waals surface area contributed by atoms with Crippen LogP contribution in [0.15, 0.2) is 0 Å². The van der Waals surface area contributed by atoms with E-state index < -0.39 is 0 Å². The van der Waals surface area contributed by atoms with Crippen LogP contribution in [0.3, 0.4) is 0 Å². The van der Waals surface area contributed by atoms with Crippen molar-refractivity contribution < 1.29 is 9.47 Å². The molecular formula is C13H26N6O2. The maximum Gasteiger partial charge on any atom is 0.323 e. The Hall–Kier alpha value is -1.67. The highest BCUT2D eigenvalue weighted by Crippen LogP contribution is 2.10. The van der Waals surface area contributed by atoms with E-state index in [1.165, 1.54) is 0 Å². The second-order valence-electron chi connectivity index (χ2n) is 5.01. The summed E-state index contributed by atoms with van der Waals surface area (Å²) in [6.45, 7) is 9.01. The molecule has 1 rings (SSSR count). The lowest BCUT2D eigenvalue weighted by atomic mass is 10.2. The molecule has 4 N–H and O–H groups in total. The Morgan fingerprint density at radius 1 is 1.14 bits per heavy atom. The van der Waals surface area contributed by atoms with E-state index in [1.807, 2.05) is 6.92 Å². The summed E-state index contributed by atoms with van der Waals surface area (Å²) < 4.78 is 10.9. The van der Waals surface area contributed by atoms with E-state index in [-0.39, 0.29) is 12.0 Å². The summed E-state index contributed by atoms with van der Waals surface area (Å²) in [5, 5.41) is 3.11. The Morgan fingerprint density at radius 2 is 1.90 bits per heavy atom. The minimum absolute atomic E-state index is 0.262. The number of hydrazine groups is 1. The van der Waals surface area contributed by atoms with Crippen molar-refractivity contribution in [3.05, 3.63) is 0 Å². The third-order valence-corrected chi connectivity index (χ3v) is 2.38. The highest BCUT2D eigenvalue weighted by atomic mass is 16.5. The average molecular weight is 298 g/mol. The highest BCUT2D eigenvalue weighted by Gasteiger charge is 2.06. The molecule has 0 aliphatic carbocycles. The Labute approximate surface area is 125 Å². The fourth-order valence-corrected chi connectivity index (χ4v) is 1.45. The first kappa shape index (κ1) is 17.4. The first-order valence-corrected chi connectivity index (χ1v) is 7.32. The molecule has 1 aromatic rings. The number of nitrogens with zero attached hydrogens (tertiary/aromatic N) is 3. The molecule has 0 saturated carbocycles. The molecule has 0 aromatic carbocycles. The zero-order valence-corrected chi connectivity index (χ0v) is 13.1. The van der Waals surface area contributed by atoms with Crippen molar-refractivity contribution in [1.82, 2.24) is 15.0 Å². The number of nitrogens with one attached hydrogen (secondary N) is 2. The molecule has 1 heterocycles. The first-order chi connectivity index (χ1) is 10.2. The maximum atomic E-state index is 5.50. The molecular weight excluding hydrogens is 272 g/mol. The van der Waals surface area contributed by atoms with Crippen LogP contribution >= 0.6 is 0 Å². The van der Waals surface area contributed by atoms with Gasteiger partial charge in [-0.2, -0.15) is 15.0 Å². The molecule has 0 spiro atoms. The topological polar surface area (TPSA) is 107 Å². The molecule has 8 nitrogen and oxygen atoms in total. The lowest BCUT2D eigenvalue weighted by Crippen LogP contribution is -2.15. The number of ether oxygens (including phenoxy) is 2. The number of nitrogens with two attached hydrogens (primary N) is 1. The summed E-state index contributed by atoms with van der Waals surface area (Å²) in [5.41, 5.74) is 2.40. The molecule has 1 aromatic heterocycles. The second kappa shape index (κ2) is 10.1. The monoisotopic (exact) mass is 298 g/mol. The molecule has 0 radical (unpaired) electrons. The molecule has 0 aliphatic heterocycles. The lowest BCUT2D eigenvalue weighted by Gasteiger charge is -2.09. The largest absolute Gasteiger partial charge is 0.463 e. The van der Waals surface area contributed by atoms with Gasteiger partial charge >= 0.3 is 6.01 Å². The number of hydrogen-bond donors (Lipinski definition) is 3. The summed E-state index contributed by atoms with van der Waals surface area (Å²) in [5.74, 6) is 6.60. The molecule has 0 amide bonds. The van der Waals surface area contributed by atoms with E-state index in [9.17, 15) is 0 Å². The van der Waals surface area contributed by atoms with Gasteiger partial charge in [0.25, 0.3) is 0 Å². The Balaban J connectivity index is 2.39. The fourth-order valence-electron chi connectivity index (χ4n) is 1.45. The van der Waals surface area contributed by atoms with E-state index in [4.69, 9.17) is 15.3 Å². The quantitative estimate of drug-likeness (QED) is 0.320. The number of rotatable bonds is 11. The van der Waals surface area contributed by atoms with Gasteiger partial charge in [0.2, 0.25) is 11.9 Å². The van der Waals surface area contributed by atoms with Gasteiger partial charge in [0.15, 0.2) is 0 Å². The van der Waals surface area contributed by atoms with Crippen molar-refractivity contribution in [3.8, 4) is 6.01 Å². The summed E-state index contributed by atoms with van der Waals surface area (Å²) in [6, 6.07) is 0.262.